The molecule has 2 heterocycles. The number of nitrogens with zero attached hydrogens (tertiary/aromatic N) is 3. The second kappa shape index (κ2) is 7.19. The standard InChI is InChI=1S/C20H18FN3O3/c1-26-16-7-3-5-14(11-16)19-22-20(27-23-19)17-8-9-18(25)24(17)12-13-4-2-6-15(21)10-13/h2-7,10-11,17H,8-9,12H2,1H3. The van der Waals surface area contributed by atoms with Crippen molar-refractivity contribution in [3.05, 3.63) is 65.8 Å². The van der Waals surface area contributed by atoms with Gasteiger partial charge >= 0.3 is 0 Å². The van der Waals surface area contributed by atoms with Crippen molar-refractivity contribution >= 4 is 5.91 Å². The molecule has 1 unspecified atom stereocenters. The van der Waals surface area contributed by atoms with Crippen LogP contribution in [0.1, 0.15) is 30.3 Å². The van der Waals surface area contributed by atoms with E-state index in [-0.39, 0.29) is 17.8 Å². The van der Waals surface area contributed by atoms with Gasteiger partial charge in [-0.05, 0) is 36.2 Å². The first kappa shape index (κ1) is 17.2. The highest BCUT2D eigenvalue weighted by Crippen LogP contribution is 2.34. The number of carbonyl (C=O) groups is 1. The minimum atomic E-state index is -0.325. The summed E-state index contributed by atoms with van der Waals surface area (Å²) in [6.45, 7) is 0.304. The Morgan fingerprint density at radius 2 is 2.11 bits per heavy atom. The molecule has 0 aliphatic carbocycles. The number of likely N-dealkylation sites (tertiary alicyclic amines) is 1. The van der Waals surface area contributed by atoms with Gasteiger partial charge in [-0.1, -0.05) is 29.4 Å². The largest absolute Gasteiger partial charge is 0.497 e. The molecular formula is C20H18FN3O3. The highest BCUT2D eigenvalue weighted by Gasteiger charge is 2.36. The van der Waals surface area contributed by atoms with E-state index in [0.717, 1.165) is 11.1 Å². The fourth-order valence-corrected chi connectivity index (χ4v) is 3.27. The second-order valence-electron chi connectivity index (χ2n) is 6.39. The molecule has 1 fully saturated rings. The minimum Gasteiger partial charge on any atom is -0.497 e. The first-order valence-electron chi connectivity index (χ1n) is 8.66. The van der Waals surface area contributed by atoms with Gasteiger partial charge in [0.1, 0.15) is 17.6 Å². The number of benzene rings is 2. The van der Waals surface area contributed by atoms with Crippen molar-refractivity contribution < 1.29 is 18.4 Å². The van der Waals surface area contributed by atoms with E-state index in [2.05, 4.69) is 10.1 Å². The van der Waals surface area contributed by atoms with Crippen LogP contribution in [0, 0.1) is 5.82 Å². The summed E-state index contributed by atoms with van der Waals surface area (Å²) in [6, 6.07) is 13.3. The summed E-state index contributed by atoms with van der Waals surface area (Å²) >= 11 is 0. The summed E-state index contributed by atoms with van der Waals surface area (Å²) in [7, 11) is 1.59. The Kier molecular flexibility index (Phi) is 4.58. The quantitative estimate of drug-likeness (QED) is 0.687. The van der Waals surface area contributed by atoms with E-state index in [9.17, 15) is 9.18 Å². The molecule has 27 heavy (non-hydrogen) atoms. The molecule has 1 atom stereocenters. The van der Waals surface area contributed by atoms with Crippen molar-refractivity contribution in [3.8, 4) is 17.1 Å². The van der Waals surface area contributed by atoms with Gasteiger partial charge in [0.05, 0.1) is 7.11 Å². The first-order chi connectivity index (χ1) is 13.1. The predicted octanol–water partition coefficient (Wildman–Crippen LogP) is 3.75. The summed E-state index contributed by atoms with van der Waals surface area (Å²) in [4.78, 5) is 18.5. The van der Waals surface area contributed by atoms with Gasteiger partial charge in [0.2, 0.25) is 17.6 Å². The third kappa shape index (κ3) is 3.53. The zero-order chi connectivity index (χ0) is 18.8. The van der Waals surface area contributed by atoms with E-state index in [1.54, 1.807) is 24.1 Å². The summed E-state index contributed by atoms with van der Waals surface area (Å²) in [5.41, 5.74) is 1.49. The molecule has 6 nitrogen and oxygen atoms in total. The van der Waals surface area contributed by atoms with Crippen LogP contribution in [0.3, 0.4) is 0 Å². The van der Waals surface area contributed by atoms with Gasteiger partial charge in [0, 0.05) is 18.5 Å². The minimum absolute atomic E-state index is 0.00890. The normalized spacial score (nSPS) is 16.7. The average molecular weight is 367 g/mol. The van der Waals surface area contributed by atoms with Crippen LogP contribution < -0.4 is 4.74 Å². The monoisotopic (exact) mass is 367 g/mol. The molecule has 7 heteroatoms. The van der Waals surface area contributed by atoms with E-state index in [1.165, 1.54) is 12.1 Å². The van der Waals surface area contributed by atoms with Crippen LogP contribution in [-0.2, 0) is 11.3 Å². The van der Waals surface area contributed by atoms with Crippen LogP contribution in [0.25, 0.3) is 11.4 Å². The smallest absolute Gasteiger partial charge is 0.249 e. The lowest BCUT2D eigenvalue weighted by Crippen LogP contribution is -2.27. The number of halogens is 1. The van der Waals surface area contributed by atoms with Crippen molar-refractivity contribution in [1.29, 1.82) is 0 Å². The Hall–Kier alpha value is -3.22. The molecule has 1 aliphatic heterocycles. The fourth-order valence-electron chi connectivity index (χ4n) is 3.27. The molecule has 1 aromatic heterocycles. The third-order valence-electron chi connectivity index (χ3n) is 4.62. The Balaban J connectivity index is 1.58. The molecule has 0 bridgehead atoms. The van der Waals surface area contributed by atoms with Crippen molar-refractivity contribution in [3.63, 3.8) is 0 Å². The van der Waals surface area contributed by atoms with Gasteiger partial charge in [0.15, 0.2) is 0 Å². The van der Waals surface area contributed by atoms with Crippen LogP contribution >= 0.6 is 0 Å². The lowest BCUT2D eigenvalue weighted by molar-refractivity contribution is -0.130. The average Bonchev–Trinajstić information content (AvgIpc) is 3.30. The van der Waals surface area contributed by atoms with Crippen LogP contribution in [0.2, 0.25) is 0 Å². The van der Waals surface area contributed by atoms with Crippen LogP contribution in [0.5, 0.6) is 5.75 Å². The van der Waals surface area contributed by atoms with Crippen LogP contribution in [0.15, 0.2) is 53.1 Å². The lowest BCUT2D eigenvalue weighted by atomic mass is 10.1. The topological polar surface area (TPSA) is 68.5 Å². The van der Waals surface area contributed by atoms with Crippen LogP contribution in [0.4, 0.5) is 4.39 Å². The second-order valence-corrected chi connectivity index (χ2v) is 6.39. The van der Waals surface area contributed by atoms with Gasteiger partial charge in [-0.15, -0.1) is 0 Å². The zero-order valence-corrected chi connectivity index (χ0v) is 14.8. The number of hydrogen-bond acceptors (Lipinski definition) is 5. The van der Waals surface area contributed by atoms with Gasteiger partial charge in [0.25, 0.3) is 0 Å². The van der Waals surface area contributed by atoms with Gasteiger partial charge in [-0.3, -0.25) is 4.79 Å². The van der Waals surface area contributed by atoms with Crippen molar-refractivity contribution in [2.75, 3.05) is 7.11 Å². The fraction of sp³-hybridized carbons (Fsp3) is 0.250. The van der Waals surface area contributed by atoms with E-state index in [1.807, 2.05) is 24.3 Å². The molecule has 138 valence electrons. The zero-order valence-electron chi connectivity index (χ0n) is 14.8. The number of aromatic nitrogens is 2. The Labute approximate surface area is 155 Å². The highest BCUT2D eigenvalue weighted by molar-refractivity contribution is 5.78. The first-order valence-corrected chi connectivity index (χ1v) is 8.66. The molecule has 2 aromatic carbocycles. The molecule has 0 radical (unpaired) electrons. The molecule has 1 amide bonds. The SMILES string of the molecule is COc1cccc(-c2noc(C3CCC(=O)N3Cc3cccc(F)c3)n2)c1. The van der Waals surface area contributed by atoms with Gasteiger partial charge < -0.3 is 14.2 Å². The van der Waals surface area contributed by atoms with Crippen molar-refractivity contribution in [2.45, 2.75) is 25.4 Å². The Morgan fingerprint density at radius 1 is 1.26 bits per heavy atom. The number of carbonyl (C=O) groups excluding carboxylic acids is 1. The van der Waals surface area contributed by atoms with E-state index in [4.69, 9.17) is 9.26 Å². The highest BCUT2D eigenvalue weighted by atomic mass is 19.1. The van der Waals surface area contributed by atoms with E-state index >= 15 is 0 Å². The molecule has 0 saturated carbocycles. The molecular weight excluding hydrogens is 349 g/mol. The summed E-state index contributed by atoms with van der Waals surface area (Å²) < 4.78 is 24.1. The molecule has 0 spiro atoms. The maximum atomic E-state index is 13.5. The maximum absolute atomic E-state index is 13.5. The number of rotatable bonds is 5. The van der Waals surface area contributed by atoms with Crippen molar-refractivity contribution in [2.24, 2.45) is 0 Å². The molecule has 1 saturated heterocycles. The van der Waals surface area contributed by atoms with Crippen LogP contribution in [-0.4, -0.2) is 28.1 Å². The number of methoxy groups -OCH3 is 1. The van der Waals surface area contributed by atoms with Crippen molar-refractivity contribution in [1.82, 2.24) is 15.0 Å². The lowest BCUT2D eigenvalue weighted by Gasteiger charge is -2.22. The Bertz CT molecular complexity index is 972. The predicted molar refractivity (Wildman–Crippen MR) is 95.2 cm³/mol. The molecule has 1 aliphatic rings. The molecule has 0 N–H and O–H groups in total. The number of hydrogen-bond donors (Lipinski definition) is 0. The summed E-state index contributed by atoms with van der Waals surface area (Å²) in [5, 5.41) is 4.05. The molecule has 4 rings (SSSR count). The summed E-state index contributed by atoms with van der Waals surface area (Å²) in [5.74, 6) is 1.19. The van der Waals surface area contributed by atoms with Gasteiger partial charge in [-0.25, -0.2) is 4.39 Å². The third-order valence-corrected chi connectivity index (χ3v) is 4.62. The van der Waals surface area contributed by atoms with E-state index in [0.29, 0.717) is 36.9 Å². The molecule has 3 aromatic rings. The Morgan fingerprint density at radius 3 is 2.93 bits per heavy atom. The maximum Gasteiger partial charge on any atom is 0.249 e. The van der Waals surface area contributed by atoms with Gasteiger partial charge in [-0.2, -0.15) is 4.98 Å². The number of amides is 1. The van der Waals surface area contributed by atoms with E-state index < -0.39 is 0 Å². The number of ether oxygens (including phenoxy) is 1. The summed E-state index contributed by atoms with van der Waals surface area (Å²) in [6.07, 6.45) is 0.991.